The van der Waals surface area contributed by atoms with Gasteiger partial charge in [0.05, 0.1) is 19.1 Å². The maximum absolute atomic E-state index is 12.7. The molecule has 0 saturated carbocycles. The van der Waals surface area contributed by atoms with E-state index < -0.39 is 72.7 Å². The Morgan fingerprint density at radius 2 is 1.38 bits per heavy atom. The minimum Gasteiger partial charge on any atom is -0.480 e. The number of aliphatic hydroxyl groups excluding tert-OH is 1. The molecule has 0 radical (unpaired) electrons. The van der Waals surface area contributed by atoms with Crippen LogP contribution in [-0.4, -0.2) is 88.5 Å². The van der Waals surface area contributed by atoms with Crippen LogP contribution < -0.4 is 33.2 Å². The largest absolute Gasteiger partial charge is 0.480 e. The molecule has 5 amide bonds. The molecule has 0 aromatic heterocycles. The molecule has 4 atom stereocenters. The molecule has 0 fully saturated rings. The molecule has 0 aliphatic carbocycles. The Balaban J connectivity index is 5.45. The minimum atomic E-state index is -1.66. The molecule has 32 heavy (non-hydrogen) atoms. The molecule has 0 aromatic rings. The first kappa shape index (κ1) is 29.1. The molecular formula is C17H30N6O8S. The van der Waals surface area contributed by atoms with E-state index in [1.54, 1.807) is 0 Å². The summed E-state index contributed by atoms with van der Waals surface area (Å²) >= 11 is 1.46. The van der Waals surface area contributed by atoms with Crippen molar-refractivity contribution < 1.29 is 39.0 Å². The van der Waals surface area contributed by atoms with Crippen molar-refractivity contribution in [3.05, 3.63) is 0 Å². The third-order valence-electron chi connectivity index (χ3n) is 4.12. The van der Waals surface area contributed by atoms with Gasteiger partial charge in [0.1, 0.15) is 18.1 Å². The molecule has 0 aliphatic rings. The number of amides is 5. The maximum atomic E-state index is 12.7. The normalized spacial score (nSPS) is 14.3. The lowest BCUT2D eigenvalue weighted by molar-refractivity contribution is -0.143. The molecular weight excluding hydrogens is 448 g/mol. The molecule has 0 bridgehead atoms. The molecule has 0 aliphatic heterocycles. The molecule has 0 aromatic carbocycles. The van der Waals surface area contributed by atoms with Gasteiger partial charge in [-0.2, -0.15) is 11.8 Å². The zero-order valence-electron chi connectivity index (χ0n) is 17.5. The Morgan fingerprint density at radius 3 is 1.84 bits per heavy atom. The van der Waals surface area contributed by atoms with Crippen molar-refractivity contribution in [1.82, 2.24) is 16.0 Å². The summed E-state index contributed by atoms with van der Waals surface area (Å²) in [6.07, 6.45) is 0.860. The Labute approximate surface area is 188 Å². The van der Waals surface area contributed by atoms with Crippen molar-refractivity contribution in [2.75, 3.05) is 18.6 Å². The van der Waals surface area contributed by atoms with Gasteiger partial charge in [-0.1, -0.05) is 0 Å². The number of thioether (sulfide) groups is 1. The maximum Gasteiger partial charge on any atom is 0.328 e. The third kappa shape index (κ3) is 11.5. The second-order valence-corrected chi connectivity index (χ2v) is 7.75. The first-order chi connectivity index (χ1) is 14.9. The summed E-state index contributed by atoms with van der Waals surface area (Å²) < 4.78 is 0. The number of carboxylic acids is 1. The summed E-state index contributed by atoms with van der Waals surface area (Å²) in [6, 6.07) is -5.55. The summed E-state index contributed by atoms with van der Waals surface area (Å²) in [5, 5.41) is 24.5. The Morgan fingerprint density at radius 1 is 0.844 bits per heavy atom. The molecule has 14 nitrogen and oxygen atoms in total. The Bertz CT molecular complexity index is 707. The summed E-state index contributed by atoms with van der Waals surface area (Å²) in [5.41, 5.74) is 15.9. The summed E-state index contributed by atoms with van der Waals surface area (Å²) in [4.78, 5) is 70.8. The lowest BCUT2D eigenvalue weighted by atomic mass is 10.1. The van der Waals surface area contributed by atoms with E-state index in [1.807, 2.05) is 11.6 Å². The summed E-state index contributed by atoms with van der Waals surface area (Å²) in [6.45, 7) is -0.925. The highest BCUT2D eigenvalue weighted by atomic mass is 32.2. The number of hydrogen-bond acceptors (Lipinski definition) is 9. The lowest BCUT2D eigenvalue weighted by Crippen LogP contribution is -2.58. The van der Waals surface area contributed by atoms with Gasteiger partial charge in [-0.3, -0.25) is 24.0 Å². The molecule has 4 unspecified atom stereocenters. The van der Waals surface area contributed by atoms with Crippen molar-refractivity contribution in [3.8, 4) is 0 Å². The van der Waals surface area contributed by atoms with Crippen LogP contribution in [0.15, 0.2) is 0 Å². The topological polar surface area (TPSA) is 257 Å². The number of aliphatic carboxylic acids is 1. The van der Waals surface area contributed by atoms with Gasteiger partial charge < -0.3 is 43.4 Å². The molecule has 182 valence electrons. The van der Waals surface area contributed by atoms with Gasteiger partial charge >= 0.3 is 5.97 Å². The number of carbonyl (C=O) groups excluding carboxylic acids is 5. The minimum absolute atomic E-state index is 0.305. The van der Waals surface area contributed by atoms with Crippen molar-refractivity contribution in [3.63, 3.8) is 0 Å². The summed E-state index contributed by atoms with van der Waals surface area (Å²) in [7, 11) is 0. The van der Waals surface area contributed by atoms with Crippen LogP contribution in [0.5, 0.6) is 0 Å². The van der Waals surface area contributed by atoms with Crippen LogP contribution in [0.4, 0.5) is 0 Å². The second kappa shape index (κ2) is 15.0. The van der Waals surface area contributed by atoms with E-state index in [4.69, 9.17) is 27.4 Å². The van der Waals surface area contributed by atoms with E-state index in [1.165, 1.54) is 11.8 Å². The van der Waals surface area contributed by atoms with Crippen LogP contribution in [0.1, 0.15) is 25.7 Å². The zero-order valence-corrected chi connectivity index (χ0v) is 18.4. The highest BCUT2D eigenvalue weighted by Crippen LogP contribution is 2.03. The van der Waals surface area contributed by atoms with Gasteiger partial charge in [-0.25, -0.2) is 4.79 Å². The third-order valence-corrected chi connectivity index (χ3v) is 4.76. The first-order valence-electron chi connectivity index (χ1n) is 9.48. The van der Waals surface area contributed by atoms with E-state index in [9.17, 15) is 28.8 Å². The number of carboxylic acid groups (broad SMARTS) is 1. The average Bonchev–Trinajstić information content (AvgIpc) is 2.71. The van der Waals surface area contributed by atoms with Gasteiger partial charge in [-0.15, -0.1) is 0 Å². The number of carbonyl (C=O) groups is 6. The number of rotatable bonds is 16. The van der Waals surface area contributed by atoms with Crippen LogP contribution in [0.3, 0.4) is 0 Å². The number of aliphatic hydroxyl groups is 1. The molecule has 0 saturated heterocycles. The predicted molar refractivity (Wildman–Crippen MR) is 114 cm³/mol. The smallest absolute Gasteiger partial charge is 0.328 e. The van der Waals surface area contributed by atoms with Crippen LogP contribution in [-0.2, 0) is 28.8 Å². The lowest BCUT2D eigenvalue weighted by Gasteiger charge is -2.24. The highest BCUT2D eigenvalue weighted by molar-refractivity contribution is 7.98. The predicted octanol–water partition coefficient (Wildman–Crippen LogP) is -4.26. The van der Waals surface area contributed by atoms with Crippen LogP contribution in [0, 0.1) is 0 Å². The van der Waals surface area contributed by atoms with Gasteiger partial charge in [0.2, 0.25) is 29.5 Å². The molecule has 0 rings (SSSR count). The Hall–Kier alpha value is -2.91. The van der Waals surface area contributed by atoms with Crippen LogP contribution in [0.25, 0.3) is 0 Å². The number of hydrogen-bond donors (Lipinski definition) is 8. The zero-order chi connectivity index (χ0) is 24.8. The fourth-order valence-electron chi connectivity index (χ4n) is 2.35. The van der Waals surface area contributed by atoms with E-state index in [0.29, 0.717) is 12.2 Å². The van der Waals surface area contributed by atoms with E-state index in [-0.39, 0.29) is 12.8 Å². The SMILES string of the molecule is CSCCC(N)C(=O)NC(CC(N)=O)C(=O)NC(CCC(N)=O)C(=O)NC(CO)C(=O)O. The molecule has 15 heteroatoms. The highest BCUT2D eigenvalue weighted by Gasteiger charge is 2.31. The molecule has 0 heterocycles. The summed E-state index contributed by atoms with van der Waals surface area (Å²) in [5.74, 6) is -5.41. The van der Waals surface area contributed by atoms with Crippen molar-refractivity contribution in [1.29, 1.82) is 0 Å². The number of nitrogens with two attached hydrogens (primary N) is 3. The Kier molecular flexibility index (Phi) is 13.6. The van der Waals surface area contributed by atoms with E-state index in [0.717, 1.165) is 0 Å². The first-order valence-corrected chi connectivity index (χ1v) is 10.9. The number of nitrogens with one attached hydrogen (secondary N) is 3. The molecule has 11 N–H and O–H groups in total. The van der Waals surface area contributed by atoms with Gasteiger partial charge in [0, 0.05) is 6.42 Å². The van der Waals surface area contributed by atoms with Gasteiger partial charge in [0.25, 0.3) is 0 Å². The van der Waals surface area contributed by atoms with E-state index in [2.05, 4.69) is 10.6 Å². The van der Waals surface area contributed by atoms with Crippen LogP contribution in [0.2, 0.25) is 0 Å². The standard InChI is InChI=1S/C17H30N6O8S/c1-32-5-4-8(18)14(27)22-10(6-13(20)26)16(29)21-9(2-3-12(19)25)15(28)23-11(7-24)17(30)31/h8-11,24H,2-7,18H2,1H3,(H2,19,25)(H2,20,26)(H,21,29)(H,22,27)(H,23,28)(H,30,31). The van der Waals surface area contributed by atoms with Crippen molar-refractivity contribution >= 4 is 47.3 Å². The fraction of sp³-hybridized carbons (Fsp3) is 0.647. The van der Waals surface area contributed by atoms with Crippen LogP contribution >= 0.6 is 11.8 Å². The number of primary amides is 2. The van der Waals surface area contributed by atoms with Gasteiger partial charge in [0.15, 0.2) is 0 Å². The molecule has 0 spiro atoms. The average molecular weight is 479 g/mol. The monoisotopic (exact) mass is 478 g/mol. The van der Waals surface area contributed by atoms with E-state index >= 15 is 0 Å². The van der Waals surface area contributed by atoms with Crippen molar-refractivity contribution in [2.24, 2.45) is 17.2 Å². The van der Waals surface area contributed by atoms with Crippen molar-refractivity contribution in [2.45, 2.75) is 49.9 Å². The van der Waals surface area contributed by atoms with Gasteiger partial charge in [-0.05, 0) is 24.9 Å². The fourth-order valence-corrected chi connectivity index (χ4v) is 2.84. The second-order valence-electron chi connectivity index (χ2n) is 6.77. The quantitative estimate of drug-likeness (QED) is 0.106.